The van der Waals surface area contributed by atoms with Crippen LogP contribution in [0.3, 0.4) is 0 Å². The Morgan fingerprint density at radius 3 is 2.11 bits per heavy atom. The van der Waals surface area contributed by atoms with Crippen molar-refractivity contribution in [1.29, 1.82) is 0 Å². The fraction of sp³-hybridized carbons (Fsp3) is 0.449. The Balaban J connectivity index is 1.21. The summed E-state index contributed by atoms with van der Waals surface area (Å²) in [4.78, 5) is 79.3. The number of esters is 4. The third-order valence-corrected chi connectivity index (χ3v) is 13.0. The Morgan fingerprint density at radius 1 is 0.800 bits per heavy atom. The first-order chi connectivity index (χ1) is 30.9. The van der Waals surface area contributed by atoms with Crippen molar-refractivity contribution in [3.63, 3.8) is 0 Å². The SMILES string of the molecule is C=Cc1c(C)c2cc3nc(c(C)c4nc(cc5[nH]c(cc1[nH]2)c(C)c5CC)C(C)=C4)C(CCC(=O)NCCCS[C@@H]1O[C@H](COC(C)=O)C(OC(C)=O)[C@H](OC(C)=O)[C@H]1OC(C)=O)=C3C. The Hall–Kier alpha value is -6.00. The van der Waals surface area contributed by atoms with Gasteiger partial charge in [0.05, 0.1) is 22.8 Å². The van der Waals surface area contributed by atoms with Crippen molar-refractivity contribution in [3.05, 3.63) is 75.4 Å². The second kappa shape index (κ2) is 20.9. The maximum atomic E-state index is 13.5. The number of aromatic nitrogens is 4. The number of nitrogens with one attached hydrogen (secondary N) is 3. The lowest BCUT2D eigenvalue weighted by Crippen LogP contribution is -2.61. The van der Waals surface area contributed by atoms with E-state index < -0.39 is 53.7 Å². The average Bonchev–Trinajstić information content (AvgIpc) is 3.94. The molecule has 1 unspecified atom stereocenters. The molecule has 3 aromatic rings. The van der Waals surface area contributed by atoms with Crippen LogP contribution >= 0.6 is 11.8 Å². The van der Waals surface area contributed by atoms with E-state index in [1.807, 2.05) is 19.9 Å². The Labute approximate surface area is 383 Å². The lowest BCUT2D eigenvalue weighted by atomic mass is 9.98. The number of carbonyl (C=O) groups is 5. The number of allylic oxidation sites excluding steroid dienone is 3. The summed E-state index contributed by atoms with van der Waals surface area (Å²) in [6.45, 7) is 21.5. The molecule has 0 aliphatic carbocycles. The highest BCUT2D eigenvalue weighted by molar-refractivity contribution is 7.99. The minimum atomic E-state index is -1.24. The van der Waals surface area contributed by atoms with Gasteiger partial charge in [-0.25, -0.2) is 9.97 Å². The molecule has 65 heavy (non-hydrogen) atoms. The van der Waals surface area contributed by atoms with Crippen LogP contribution < -0.4 is 5.32 Å². The van der Waals surface area contributed by atoms with Crippen LogP contribution in [-0.2, 0) is 54.1 Å². The zero-order valence-electron chi connectivity index (χ0n) is 38.8. The molecular weight excluding hydrogens is 851 g/mol. The molecule has 3 aliphatic rings. The van der Waals surface area contributed by atoms with Crippen molar-refractivity contribution in [2.24, 2.45) is 0 Å². The predicted molar refractivity (Wildman–Crippen MR) is 252 cm³/mol. The standard InChI is InChI=1S/C49H59N5O10S/c1-12-33-26(5)39-22-42-34(13-2)25(4)38(52-42)21-40-27(6)35(45(54-40)28(7)37-19-24(3)36(51-37)20-41(33)53-39)15-16-44(59)50-17-14-18-65-49-48(63-32(11)58)47(62-31(10)57)46(61-30(9)56)43(64-49)23-60-29(8)55/h13,19-22,43,46-49,52-53H,2,12,14-18,23H2,1,3-11H3,(H,50,59)/t43-,46?,47+,48-,49+/m1/s1. The third-order valence-electron chi connectivity index (χ3n) is 11.8. The van der Waals surface area contributed by atoms with E-state index in [4.69, 9.17) is 33.7 Å². The van der Waals surface area contributed by atoms with E-state index in [0.29, 0.717) is 25.1 Å². The van der Waals surface area contributed by atoms with Crippen molar-refractivity contribution in [1.82, 2.24) is 25.3 Å². The lowest BCUT2D eigenvalue weighted by Gasteiger charge is -2.44. The number of H-pyrrole nitrogens is 2. The van der Waals surface area contributed by atoms with Gasteiger partial charge in [-0.3, -0.25) is 24.0 Å². The number of ether oxygens (including phenoxy) is 5. The number of aromatic amines is 2. The monoisotopic (exact) mass is 909 g/mol. The molecule has 0 spiro atoms. The summed E-state index contributed by atoms with van der Waals surface area (Å²) in [5.41, 5.74) is 14.7. The van der Waals surface area contributed by atoms with Gasteiger partial charge < -0.3 is 39.0 Å². The molecule has 0 aromatic carbocycles. The van der Waals surface area contributed by atoms with Crippen LogP contribution in [0.1, 0.15) is 118 Å². The van der Waals surface area contributed by atoms with E-state index in [1.54, 1.807) is 0 Å². The molecule has 0 saturated carbocycles. The fourth-order valence-electron chi connectivity index (χ4n) is 8.49. The molecule has 6 rings (SSSR count). The van der Waals surface area contributed by atoms with Crippen LogP contribution in [-0.4, -0.2) is 98.5 Å². The lowest BCUT2D eigenvalue weighted by molar-refractivity contribution is -0.237. The minimum Gasteiger partial charge on any atom is -0.463 e. The predicted octanol–water partition coefficient (Wildman–Crippen LogP) is 8.04. The van der Waals surface area contributed by atoms with Gasteiger partial charge in [0.25, 0.3) is 0 Å². The molecule has 1 saturated heterocycles. The Kier molecular flexibility index (Phi) is 15.6. The smallest absolute Gasteiger partial charge is 0.303 e. The largest absolute Gasteiger partial charge is 0.463 e. The van der Waals surface area contributed by atoms with E-state index in [-0.39, 0.29) is 18.9 Å². The number of aryl methyl sites for hydroxylation is 3. The van der Waals surface area contributed by atoms with E-state index in [9.17, 15) is 24.0 Å². The number of hydrogen-bond donors (Lipinski definition) is 3. The van der Waals surface area contributed by atoms with E-state index in [0.717, 1.165) is 84.7 Å². The first kappa shape index (κ1) is 48.5. The highest BCUT2D eigenvalue weighted by atomic mass is 32.2. The third kappa shape index (κ3) is 11.1. The zero-order chi connectivity index (χ0) is 47.3. The van der Waals surface area contributed by atoms with Gasteiger partial charge >= 0.3 is 23.9 Å². The topological polar surface area (TPSA) is 201 Å². The fourth-order valence-corrected chi connectivity index (χ4v) is 9.66. The highest BCUT2D eigenvalue weighted by Gasteiger charge is 2.52. The van der Waals surface area contributed by atoms with Crippen LogP contribution in [0, 0.1) is 20.8 Å². The molecule has 15 nitrogen and oxygen atoms in total. The van der Waals surface area contributed by atoms with E-state index in [1.165, 1.54) is 50.6 Å². The summed E-state index contributed by atoms with van der Waals surface area (Å²) in [6.07, 6.45) is 1.33. The van der Waals surface area contributed by atoms with Crippen LogP contribution in [0.4, 0.5) is 0 Å². The molecule has 0 radical (unpaired) electrons. The summed E-state index contributed by atoms with van der Waals surface area (Å²) in [5.74, 6) is -2.37. The Bertz CT molecular complexity index is 2640. The van der Waals surface area contributed by atoms with E-state index in [2.05, 4.69) is 73.8 Å². The van der Waals surface area contributed by atoms with Crippen molar-refractivity contribution >= 4 is 92.5 Å². The summed E-state index contributed by atoms with van der Waals surface area (Å²) < 4.78 is 28.0. The highest BCUT2D eigenvalue weighted by Crippen LogP contribution is 2.38. The maximum Gasteiger partial charge on any atom is 0.303 e. The summed E-state index contributed by atoms with van der Waals surface area (Å²) in [6, 6.07) is 6.33. The molecule has 6 heterocycles. The molecule has 3 aromatic heterocycles. The molecular formula is C49H59N5O10S. The molecule has 3 N–H and O–H groups in total. The van der Waals surface area contributed by atoms with Crippen LogP contribution in [0.2, 0.25) is 0 Å². The van der Waals surface area contributed by atoms with Gasteiger partial charge in [0.1, 0.15) is 18.1 Å². The number of fused-ring (bicyclic) bond motifs is 8. The van der Waals surface area contributed by atoms with Crippen molar-refractivity contribution in [3.8, 4) is 0 Å². The normalized spacial score (nSPS) is 19.3. The molecule has 16 heteroatoms. The van der Waals surface area contributed by atoms with Gasteiger partial charge in [-0.05, 0) is 117 Å². The molecule has 1 fully saturated rings. The molecule has 3 aliphatic heterocycles. The van der Waals surface area contributed by atoms with Crippen LogP contribution in [0.5, 0.6) is 0 Å². The van der Waals surface area contributed by atoms with Gasteiger partial charge in [-0.2, -0.15) is 0 Å². The summed E-state index contributed by atoms with van der Waals surface area (Å²) in [7, 11) is 0. The first-order valence-electron chi connectivity index (χ1n) is 21.8. The number of thioether (sulfide) groups is 1. The van der Waals surface area contributed by atoms with Gasteiger partial charge in [0.15, 0.2) is 18.3 Å². The molecule has 8 bridgehead atoms. The molecule has 1 amide bonds. The quantitative estimate of drug-likeness (QED) is 0.0752. The van der Waals surface area contributed by atoms with E-state index >= 15 is 0 Å². The number of nitrogens with zero attached hydrogens (tertiary/aromatic N) is 2. The molecule has 346 valence electrons. The number of rotatable bonds is 15. The molecule has 5 atom stereocenters. The average molecular weight is 910 g/mol. The van der Waals surface area contributed by atoms with Gasteiger partial charge in [0, 0.05) is 73.9 Å². The maximum absolute atomic E-state index is 13.5. The second-order valence-electron chi connectivity index (χ2n) is 16.5. The van der Waals surface area contributed by atoms with Gasteiger partial charge in [-0.15, -0.1) is 11.8 Å². The summed E-state index contributed by atoms with van der Waals surface area (Å²) in [5, 5.41) is 3.02. The Morgan fingerprint density at radius 2 is 1.45 bits per heavy atom. The summed E-state index contributed by atoms with van der Waals surface area (Å²) >= 11 is 1.26. The number of hydrogen-bond acceptors (Lipinski definition) is 13. The van der Waals surface area contributed by atoms with Crippen LogP contribution in [0.25, 0.3) is 50.9 Å². The van der Waals surface area contributed by atoms with Crippen molar-refractivity contribution < 1.29 is 47.7 Å². The van der Waals surface area contributed by atoms with Crippen molar-refractivity contribution in [2.75, 3.05) is 18.9 Å². The van der Waals surface area contributed by atoms with Gasteiger partial charge in [-0.1, -0.05) is 19.6 Å². The number of amides is 1. The zero-order valence-corrected chi connectivity index (χ0v) is 39.6. The minimum absolute atomic E-state index is 0.141. The van der Waals surface area contributed by atoms with Crippen molar-refractivity contribution in [2.45, 2.75) is 125 Å². The number of carbonyl (C=O) groups excluding carboxylic acids is 5. The first-order valence-corrected chi connectivity index (χ1v) is 22.9. The second-order valence-corrected chi connectivity index (χ2v) is 17.7. The van der Waals surface area contributed by atoms with Crippen LogP contribution in [0.15, 0.2) is 24.8 Å². The van der Waals surface area contributed by atoms with Gasteiger partial charge in [0.2, 0.25) is 5.91 Å².